The van der Waals surface area contributed by atoms with Gasteiger partial charge in [0.2, 0.25) is 0 Å². The minimum Gasteiger partial charge on any atom is -0.478 e. The number of aromatic nitrogens is 2. The highest BCUT2D eigenvalue weighted by molar-refractivity contribution is 5.94. The van der Waals surface area contributed by atoms with Crippen molar-refractivity contribution in [1.29, 1.82) is 0 Å². The zero-order chi connectivity index (χ0) is 14.8. The quantitative estimate of drug-likeness (QED) is 0.797. The van der Waals surface area contributed by atoms with Crippen LogP contribution in [0.4, 0.5) is 0 Å². The number of nitrogens with zero attached hydrogens (tertiary/aromatic N) is 2. The van der Waals surface area contributed by atoms with Crippen LogP contribution in [-0.4, -0.2) is 20.9 Å². The summed E-state index contributed by atoms with van der Waals surface area (Å²) in [4.78, 5) is 11.5. The van der Waals surface area contributed by atoms with Gasteiger partial charge in [-0.15, -0.1) is 0 Å². The zero-order valence-electron chi connectivity index (χ0n) is 11.5. The van der Waals surface area contributed by atoms with E-state index in [4.69, 9.17) is 0 Å². The number of aryl methyl sites for hydroxylation is 1. The maximum absolute atomic E-state index is 11.5. The Morgan fingerprint density at radius 1 is 1.10 bits per heavy atom. The van der Waals surface area contributed by atoms with Crippen molar-refractivity contribution in [2.75, 3.05) is 0 Å². The number of hydrogen-bond acceptors (Lipinski definition) is 2. The monoisotopic (exact) mass is 278 g/mol. The molecule has 21 heavy (non-hydrogen) atoms. The fraction of sp³-hybridized carbons (Fsp3) is 0.0588. The average molecular weight is 278 g/mol. The van der Waals surface area contributed by atoms with Crippen molar-refractivity contribution in [3.63, 3.8) is 0 Å². The van der Waals surface area contributed by atoms with Gasteiger partial charge < -0.3 is 5.11 Å². The Labute approximate surface area is 122 Å². The smallest absolute Gasteiger partial charge is 0.339 e. The van der Waals surface area contributed by atoms with E-state index >= 15 is 0 Å². The van der Waals surface area contributed by atoms with Gasteiger partial charge in [0.1, 0.15) is 11.3 Å². The Morgan fingerprint density at radius 2 is 1.86 bits per heavy atom. The normalized spacial score (nSPS) is 10.5. The van der Waals surface area contributed by atoms with Gasteiger partial charge in [0.15, 0.2) is 0 Å². The van der Waals surface area contributed by atoms with Crippen LogP contribution in [0.5, 0.6) is 0 Å². The van der Waals surface area contributed by atoms with Crippen molar-refractivity contribution < 1.29 is 9.90 Å². The molecule has 2 aromatic carbocycles. The highest BCUT2D eigenvalue weighted by Crippen LogP contribution is 2.24. The van der Waals surface area contributed by atoms with E-state index in [2.05, 4.69) is 5.10 Å². The number of para-hydroxylation sites is 1. The Balaban J connectivity index is 2.16. The van der Waals surface area contributed by atoms with Crippen LogP contribution < -0.4 is 0 Å². The molecule has 0 amide bonds. The molecule has 0 spiro atoms. The molecule has 0 aliphatic carbocycles. The number of carbonyl (C=O) groups is 1. The molecule has 0 aliphatic heterocycles. The summed E-state index contributed by atoms with van der Waals surface area (Å²) >= 11 is 0. The number of hydrogen-bond donors (Lipinski definition) is 1. The van der Waals surface area contributed by atoms with Crippen LogP contribution in [0.15, 0.2) is 60.8 Å². The van der Waals surface area contributed by atoms with Crippen LogP contribution in [0.3, 0.4) is 0 Å². The molecule has 3 aromatic rings. The summed E-state index contributed by atoms with van der Waals surface area (Å²) in [5.41, 5.74) is 3.39. The predicted molar refractivity (Wildman–Crippen MR) is 80.7 cm³/mol. The molecule has 0 atom stereocenters. The predicted octanol–water partition coefficient (Wildman–Crippen LogP) is 3.55. The molecule has 0 aliphatic rings. The van der Waals surface area contributed by atoms with Crippen molar-refractivity contribution in [2.24, 2.45) is 0 Å². The largest absolute Gasteiger partial charge is 0.478 e. The number of rotatable bonds is 3. The summed E-state index contributed by atoms with van der Waals surface area (Å²) in [6.07, 6.45) is 1.55. The average Bonchev–Trinajstić information content (AvgIpc) is 2.93. The summed E-state index contributed by atoms with van der Waals surface area (Å²) < 4.78 is 1.60. The first kappa shape index (κ1) is 13.1. The summed E-state index contributed by atoms with van der Waals surface area (Å²) in [5.74, 6) is -0.978. The highest BCUT2D eigenvalue weighted by atomic mass is 16.4. The Morgan fingerprint density at radius 3 is 2.52 bits per heavy atom. The van der Waals surface area contributed by atoms with Crippen LogP contribution in [0.1, 0.15) is 15.9 Å². The van der Waals surface area contributed by atoms with Gasteiger partial charge >= 0.3 is 5.97 Å². The first-order chi connectivity index (χ1) is 10.1. The fourth-order valence-electron chi connectivity index (χ4n) is 2.25. The molecule has 4 heteroatoms. The molecule has 3 rings (SSSR count). The summed E-state index contributed by atoms with van der Waals surface area (Å²) in [6, 6.07) is 17.1. The lowest BCUT2D eigenvalue weighted by Crippen LogP contribution is -1.96. The van der Waals surface area contributed by atoms with Gasteiger partial charge in [0, 0.05) is 11.8 Å². The number of aromatic carboxylic acids is 1. The summed E-state index contributed by atoms with van der Waals surface area (Å²) in [5, 5.41) is 13.9. The van der Waals surface area contributed by atoms with Crippen LogP contribution in [0.25, 0.3) is 16.9 Å². The van der Waals surface area contributed by atoms with E-state index in [9.17, 15) is 9.90 Å². The second-order valence-electron chi connectivity index (χ2n) is 4.85. The second-order valence-corrected chi connectivity index (χ2v) is 4.85. The molecular weight excluding hydrogens is 264 g/mol. The Bertz CT molecular complexity index is 792. The molecule has 1 aromatic heterocycles. The van der Waals surface area contributed by atoms with Gasteiger partial charge in [0.05, 0.1) is 5.69 Å². The molecule has 0 bridgehead atoms. The SMILES string of the molecule is Cc1cccc(-c2nn(-c3ccccc3)cc2C(=O)O)c1. The van der Waals surface area contributed by atoms with Crippen molar-refractivity contribution in [3.8, 4) is 16.9 Å². The van der Waals surface area contributed by atoms with Gasteiger partial charge in [-0.25, -0.2) is 9.48 Å². The van der Waals surface area contributed by atoms with Gasteiger partial charge in [-0.1, -0.05) is 42.0 Å². The zero-order valence-corrected chi connectivity index (χ0v) is 11.5. The van der Waals surface area contributed by atoms with Gasteiger partial charge in [0.25, 0.3) is 0 Å². The highest BCUT2D eigenvalue weighted by Gasteiger charge is 2.17. The number of carboxylic acid groups (broad SMARTS) is 1. The fourth-order valence-corrected chi connectivity index (χ4v) is 2.25. The molecule has 4 nitrogen and oxygen atoms in total. The number of carboxylic acids is 1. The first-order valence-electron chi connectivity index (χ1n) is 6.60. The third kappa shape index (κ3) is 2.56. The van der Waals surface area contributed by atoms with E-state index in [0.717, 1.165) is 16.8 Å². The van der Waals surface area contributed by atoms with Gasteiger partial charge in [-0.2, -0.15) is 5.10 Å². The van der Waals surface area contributed by atoms with Crippen molar-refractivity contribution in [2.45, 2.75) is 6.92 Å². The maximum atomic E-state index is 11.5. The standard InChI is InChI=1S/C17H14N2O2/c1-12-6-5-7-13(10-12)16-15(17(20)21)11-19(18-16)14-8-3-2-4-9-14/h2-11H,1H3,(H,20,21). The summed E-state index contributed by atoms with van der Waals surface area (Å²) in [7, 11) is 0. The number of benzene rings is 2. The molecule has 0 unspecified atom stereocenters. The lowest BCUT2D eigenvalue weighted by atomic mass is 10.1. The second kappa shape index (κ2) is 5.25. The molecule has 0 radical (unpaired) electrons. The maximum Gasteiger partial charge on any atom is 0.339 e. The lowest BCUT2D eigenvalue weighted by molar-refractivity contribution is 0.0697. The van der Waals surface area contributed by atoms with E-state index in [1.165, 1.54) is 0 Å². The van der Waals surface area contributed by atoms with Gasteiger partial charge in [-0.3, -0.25) is 0 Å². The van der Waals surface area contributed by atoms with Crippen LogP contribution in [0, 0.1) is 6.92 Å². The van der Waals surface area contributed by atoms with Crippen LogP contribution >= 0.6 is 0 Å². The van der Waals surface area contributed by atoms with E-state index < -0.39 is 5.97 Å². The Hall–Kier alpha value is -2.88. The van der Waals surface area contributed by atoms with Crippen molar-refractivity contribution in [3.05, 3.63) is 71.9 Å². The molecule has 0 saturated heterocycles. The third-order valence-corrected chi connectivity index (χ3v) is 3.26. The van der Waals surface area contributed by atoms with E-state index in [0.29, 0.717) is 5.69 Å². The topological polar surface area (TPSA) is 55.1 Å². The van der Waals surface area contributed by atoms with Crippen LogP contribution in [-0.2, 0) is 0 Å². The van der Waals surface area contributed by atoms with E-state index in [1.54, 1.807) is 10.9 Å². The van der Waals surface area contributed by atoms with E-state index in [1.807, 2.05) is 61.5 Å². The molecule has 104 valence electrons. The van der Waals surface area contributed by atoms with Crippen LogP contribution in [0.2, 0.25) is 0 Å². The molecule has 0 saturated carbocycles. The first-order valence-corrected chi connectivity index (χ1v) is 6.60. The molecule has 0 fully saturated rings. The molecule has 1 heterocycles. The Kier molecular flexibility index (Phi) is 3.28. The third-order valence-electron chi connectivity index (χ3n) is 3.26. The minimum absolute atomic E-state index is 0.199. The van der Waals surface area contributed by atoms with E-state index in [-0.39, 0.29) is 5.56 Å². The van der Waals surface area contributed by atoms with Gasteiger partial charge in [-0.05, 0) is 25.1 Å². The lowest BCUT2D eigenvalue weighted by Gasteiger charge is -2.01. The van der Waals surface area contributed by atoms with Crippen molar-refractivity contribution in [1.82, 2.24) is 9.78 Å². The molecular formula is C17H14N2O2. The molecule has 1 N–H and O–H groups in total. The minimum atomic E-state index is -0.978. The summed E-state index contributed by atoms with van der Waals surface area (Å²) in [6.45, 7) is 1.97. The van der Waals surface area contributed by atoms with Crippen molar-refractivity contribution >= 4 is 5.97 Å².